The number of aliphatic carboxylic acids is 1. The zero-order valence-corrected chi connectivity index (χ0v) is 16.0. The Kier molecular flexibility index (Phi) is 5.21. The maximum Gasteiger partial charge on any atom is 0.341 e. The Labute approximate surface area is 160 Å². The van der Waals surface area contributed by atoms with Crippen molar-refractivity contribution in [1.82, 2.24) is 9.97 Å². The maximum atomic E-state index is 12.7. The Morgan fingerprint density at radius 3 is 2.36 bits per heavy atom. The number of methoxy groups -OCH3 is 2. The van der Waals surface area contributed by atoms with Crippen molar-refractivity contribution in [3.8, 4) is 28.6 Å². The number of carboxylic acids is 1. The average molecular weight is 384 g/mol. The van der Waals surface area contributed by atoms with Crippen LogP contribution in [-0.4, -0.2) is 41.9 Å². The van der Waals surface area contributed by atoms with Gasteiger partial charge in [-0.05, 0) is 48.7 Å². The lowest BCUT2D eigenvalue weighted by Crippen LogP contribution is -2.11. The van der Waals surface area contributed by atoms with Gasteiger partial charge in [-0.25, -0.2) is 9.78 Å². The summed E-state index contributed by atoms with van der Waals surface area (Å²) < 4.78 is 15.8. The normalized spacial score (nSPS) is 10.7. The second-order valence-electron chi connectivity index (χ2n) is 6.26. The number of fused-ring (bicyclic) bond motifs is 1. The van der Waals surface area contributed by atoms with Crippen molar-refractivity contribution >= 4 is 16.9 Å². The van der Waals surface area contributed by atoms with Crippen LogP contribution in [-0.2, 0) is 4.79 Å². The number of benzene rings is 1. The summed E-state index contributed by atoms with van der Waals surface area (Å²) in [6.07, 6.45) is 0. The fraction of sp³-hybridized carbons (Fsp3) is 0.250. The Morgan fingerprint density at radius 1 is 1.11 bits per heavy atom. The fourth-order valence-electron chi connectivity index (χ4n) is 3.10. The Morgan fingerprint density at radius 2 is 1.79 bits per heavy atom. The molecule has 28 heavy (non-hydrogen) atoms. The summed E-state index contributed by atoms with van der Waals surface area (Å²) in [5.41, 5.74) is 2.94. The summed E-state index contributed by atoms with van der Waals surface area (Å²) in [6.45, 7) is 3.21. The van der Waals surface area contributed by atoms with Crippen molar-refractivity contribution in [2.45, 2.75) is 13.8 Å². The molecule has 0 amide bonds. The van der Waals surface area contributed by atoms with Crippen molar-refractivity contribution in [3.05, 3.63) is 45.7 Å². The molecule has 0 saturated heterocycles. The van der Waals surface area contributed by atoms with Crippen LogP contribution in [0.5, 0.6) is 17.4 Å². The van der Waals surface area contributed by atoms with Gasteiger partial charge in [-0.1, -0.05) is 0 Å². The highest BCUT2D eigenvalue weighted by atomic mass is 16.5. The van der Waals surface area contributed by atoms with Gasteiger partial charge in [0.05, 0.1) is 25.4 Å². The number of H-pyrrole nitrogens is 1. The van der Waals surface area contributed by atoms with Crippen LogP contribution >= 0.6 is 0 Å². The molecule has 0 fully saturated rings. The number of carbonyl (C=O) groups is 1. The van der Waals surface area contributed by atoms with Gasteiger partial charge in [-0.15, -0.1) is 0 Å². The third-order valence-corrected chi connectivity index (χ3v) is 4.28. The fourth-order valence-corrected chi connectivity index (χ4v) is 3.10. The average Bonchev–Trinajstić information content (AvgIpc) is 2.65. The molecule has 3 rings (SSSR count). The number of aromatic nitrogens is 2. The smallest absolute Gasteiger partial charge is 0.341 e. The molecule has 0 aliphatic rings. The zero-order valence-electron chi connectivity index (χ0n) is 16.0. The minimum atomic E-state index is -1.05. The molecule has 1 aromatic carbocycles. The van der Waals surface area contributed by atoms with E-state index in [-0.39, 0.29) is 5.56 Å². The van der Waals surface area contributed by atoms with Gasteiger partial charge < -0.3 is 24.3 Å². The largest absolute Gasteiger partial charge is 0.496 e. The highest BCUT2D eigenvalue weighted by Crippen LogP contribution is 2.31. The molecule has 0 unspecified atom stereocenters. The van der Waals surface area contributed by atoms with Gasteiger partial charge >= 0.3 is 5.97 Å². The van der Waals surface area contributed by atoms with Gasteiger partial charge in [0.15, 0.2) is 6.61 Å². The summed E-state index contributed by atoms with van der Waals surface area (Å²) in [5.74, 6) is 0.177. The van der Waals surface area contributed by atoms with Gasteiger partial charge in [-0.2, -0.15) is 0 Å². The predicted molar refractivity (Wildman–Crippen MR) is 104 cm³/mol. The SMILES string of the molecule is COc1cc(OC)c2c(=O)[nH]c(-c3cc(C)c(OCC(=O)O)c(C)c3)cc2n1. The quantitative estimate of drug-likeness (QED) is 0.672. The number of hydrogen-bond donors (Lipinski definition) is 2. The number of hydrogen-bond acceptors (Lipinski definition) is 6. The minimum absolute atomic E-state index is 0.332. The van der Waals surface area contributed by atoms with Gasteiger partial charge in [0, 0.05) is 6.07 Å². The molecular weight excluding hydrogens is 364 g/mol. The number of rotatable bonds is 6. The lowest BCUT2D eigenvalue weighted by molar-refractivity contribution is -0.139. The molecule has 2 N–H and O–H groups in total. The third-order valence-electron chi connectivity index (χ3n) is 4.28. The van der Waals surface area contributed by atoms with Crippen LogP contribution in [0.25, 0.3) is 22.2 Å². The van der Waals surface area contributed by atoms with Gasteiger partial charge in [-0.3, -0.25) is 4.79 Å². The summed E-state index contributed by atoms with van der Waals surface area (Å²) in [7, 11) is 2.97. The second-order valence-corrected chi connectivity index (χ2v) is 6.26. The van der Waals surface area contributed by atoms with Crippen LogP contribution in [0.4, 0.5) is 0 Å². The van der Waals surface area contributed by atoms with E-state index in [0.29, 0.717) is 34.0 Å². The maximum absolute atomic E-state index is 12.7. The Balaban J connectivity index is 2.14. The highest BCUT2D eigenvalue weighted by Gasteiger charge is 2.15. The molecule has 8 heteroatoms. The molecule has 0 aliphatic carbocycles. The van der Waals surface area contributed by atoms with Crippen molar-refractivity contribution < 1.29 is 24.1 Å². The number of aromatic amines is 1. The zero-order chi connectivity index (χ0) is 20.4. The Bertz CT molecular complexity index is 1100. The molecular formula is C20H20N2O6. The molecule has 0 atom stereocenters. The predicted octanol–water partition coefficient (Wildman–Crippen LogP) is 2.69. The van der Waals surface area contributed by atoms with E-state index in [1.807, 2.05) is 26.0 Å². The number of nitrogens with one attached hydrogen (secondary N) is 1. The van der Waals surface area contributed by atoms with E-state index in [0.717, 1.165) is 16.7 Å². The molecule has 146 valence electrons. The molecule has 0 spiro atoms. The van der Waals surface area contributed by atoms with Gasteiger partial charge in [0.25, 0.3) is 5.56 Å². The van der Waals surface area contributed by atoms with Crippen molar-refractivity contribution in [2.75, 3.05) is 20.8 Å². The molecule has 2 heterocycles. The number of carboxylic acid groups (broad SMARTS) is 1. The van der Waals surface area contributed by atoms with E-state index in [1.54, 1.807) is 12.1 Å². The second kappa shape index (κ2) is 7.59. The highest BCUT2D eigenvalue weighted by molar-refractivity contribution is 5.87. The van der Waals surface area contributed by atoms with Crippen molar-refractivity contribution in [1.29, 1.82) is 0 Å². The van der Waals surface area contributed by atoms with E-state index in [9.17, 15) is 9.59 Å². The van der Waals surface area contributed by atoms with Crippen LogP contribution in [0.2, 0.25) is 0 Å². The topological polar surface area (TPSA) is 111 Å². The number of ether oxygens (including phenoxy) is 3. The lowest BCUT2D eigenvalue weighted by Gasteiger charge is -2.14. The van der Waals surface area contributed by atoms with Crippen LogP contribution in [0.1, 0.15) is 11.1 Å². The monoisotopic (exact) mass is 384 g/mol. The standard InChI is InChI=1S/C20H20N2O6/c1-10-5-12(6-11(2)19(10)28-9-17(23)24)13-7-14-18(20(25)22-13)15(26-3)8-16(21-14)27-4/h5-8H,9H2,1-4H3,(H,22,25)(H,23,24). The third kappa shape index (κ3) is 3.62. The van der Waals surface area contributed by atoms with E-state index in [1.165, 1.54) is 14.2 Å². The first kappa shape index (κ1) is 19.2. The summed E-state index contributed by atoms with van der Waals surface area (Å²) >= 11 is 0. The number of pyridine rings is 2. The van der Waals surface area contributed by atoms with E-state index >= 15 is 0 Å². The molecule has 8 nitrogen and oxygen atoms in total. The van der Waals surface area contributed by atoms with Crippen LogP contribution in [0.3, 0.4) is 0 Å². The summed E-state index contributed by atoms with van der Waals surface area (Å²) in [6, 6.07) is 6.94. The molecule has 2 aromatic heterocycles. The molecule has 3 aromatic rings. The minimum Gasteiger partial charge on any atom is -0.496 e. The number of aryl methyl sites for hydroxylation is 2. The first-order valence-electron chi connectivity index (χ1n) is 8.46. The van der Waals surface area contributed by atoms with Crippen molar-refractivity contribution in [2.24, 2.45) is 0 Å². The van der Waals surface area contributed by atoms with Gasteiger partial charge in [0.2, 0.25) is 5.88 Å². The van der Waals surface area contributed by atoms with Crippen LogP contribution in [0, 0.1) is 13.8 Å². The summed E-state index contributed by atoms with van der Waals surface area (Å²) in [4.78, 5) is 30.6. The molecule has 0 aliphatic heterocycles. The van der Waals surface area contributed by atoms with Crippen molar-refractivity contribution in [3.63, 3.8) is 0 Å². The summed E-state index contributed by atoms with van der Waals surface area (Å²) in [5, 5.41) is 9.15. The molecule has 0 bridgehead atoms. The van der Waals surface area contributed by atoms with E-state index < -0.39 is 12.6 Å². The molecule has 0 saturated carbocycles. The van der Waals surface area contributed by atoms with E-state index in [2.05, 4.69) is 9.97 Å². The van der Waals surface area contributed by atoms with Crippen LogP contribution in [0.15, 0.2) is 29.1 Å². The molecule has 0 radical (unpaired) electrons. The number of nitrogens with zero attached hydrogens (tertiary/aromatic N) is 1. The lowest BCUT2D eigenvalue weighted by atomic mass is 10.0. The first-order chi connectivity index (χ1) is 13.3. The first-order valence-corrected chi connectivity index (χ1v) is 8.46. The van der Waals surface area contributed by atoms with E-state index in [4.69, 9.17) is 19.3 Å². The van der Waals surface area contributed by atoms with Gasteiger partial charge in [0.1, 0.15) is 16.9 Å². The van der Waals surface area contributed by atoms with Crippen LogP contribution < -0.4 is 19.8 Å². The Hall–Kier alpha value is -3.55.